The standard InChI is InChI=1S/C11H12N4O6/c1-7(2-5-11(16)17)12-13-9-4-3-8(14(18)19)6-10(9)15(20)21/h3-4,6,13H,2,5H2,1H3,(H,16,17)/p-1/b12-7+. The lowest BCUT2D eigenvalue weighted by atomic mass is 10.2. The summed E-state index contributed by atoms with van der Waals surface area (Å²) in [7, 11) is 0. The average molecular weight is 295 g/mol. The number of rotatable bonds is 7. The van der Waals surface area contributed by atoms with E-state index in [-0.39, 0.29) is 18.5 Å². The SMILES string of the molecule is C/C(CCC(=O)[O-])=N\Nc1ccc([N+](=O)[O-])cc1[N+](=O)[O-]. The van der Waals surface area contributed by atoms with Crippen LogP contribution in [0.4, 0.5) is 17.1 Å². The van der Waals surface area contributed by atoms with Gasteiger partial charge in [-0.1, -0.05) is 0 Å². The molecule has 0 aromatic heterocycles. The van der Waals surface area contributed by atoms with Crippen LogP contribution in [0.3, 0.4) is 0 Å². The van der Waals surface area contributed by atoms with Crippen molar-refractivity contribution in [1.29, 1.82) is 0 Å². The number of carbonyl (C=O) groups is 1. The van der Waals surface area contributed by atoms with Gasteiger partial charge in [0.05, 0.1) is 15.9 Å². The first kappa shape index (κ1) is 16.0. The topological polar surface area (TPSA) is 151 Å². The van der Waals surface area contributed by atoms with E-state index in [0.717, 1.165) is 18.2 Å². The Bertz CT molecular complexity index is 613. The minimum absolute atomic E-state index is 0.0293. The maximum Gasteiger partial charge on any atom is 0.301 e. The van der Waals surface area contributed by atoms with Crippen molar-refractivity contribution < 1.29 is 19.7 Å². The smallest absolute Gasteiger partial charge is 0.301 e. The summed E-state index contributed by atoms with van der Waals surface area (Å²) in [4.78, 5) is 30.2. The van der Waals surface area contributed by atoms with Crippen LogP contribution in [-0.2, 0) is 4.79 Å². The van der Waals surface area contributed by atoms with Crippen molar-refractivity contribution in [1.82, 2.24) is 0 Å². The summed E-state index contributed by atoms with van der Waals surface area (Å²) < 4.78 is 0. The van der Waals surface area contributed by atoms with Gasteiger partial charge in [0.15, 0.2) is 0 Å². The summed E-state index contributed by atoms with van der Waals surface area (Å²) in [6.07, 6.45) is -0.102. The minimum atomic E-state index is -1.23. The van der Waals surface area contributed by atoms with Crippen molar-refractivity contribution in [3.8, 4) is 0 Å². The van der Waals surface area contributed by atoms with E-state index in [1.54, 1.807) is 0 Å². The molecule has 0 aliphatic heterocycles. The Labute approximate surface area is 118 Å². The first-order valence-corrected chi connectivity index (χ1v) is 5.73. The lowest BCUT2D eigenvalue weighted by Crippen LogP contribution is -2.22. The number of hydrogen-bond acceptors (Lipinski definition) is 8. The molecule has 0 fully saturated rings. The van der Waals surface area contributed by atoms with Crippen LogP contribution >= 0.6 is 0 Å². The Morgan fingerprint density at radius 3 is 2.43 bits per heavy atom. The first-order valence-electron chi connectivity index (χ1n) is 5.73. The van der Waals surface area contributed by atoms with Crippen molar-refractivity contribution in [2.75, 3.05) is 5.43 Å². The van der Waals surface area contributed by atoms with Crippen LogP contribution < -0.4 is 10.5 Å². The Morgan fingerprint density at radius 1 is 1.24 bits per heavy atom. The molecular formula is C11H11N4O6-. The zero-order valence-electron chi connectivity index (χ0n) is 10.9. The second-order valence-electron chi connectivity index (χ2n) is 4.05. The van der Waals surface area contributed by atoms with Crippen LogP contribution in [0.15, 0.2) is 23.3 Å². The highest BCUT2D eigenvalue weighted by molar-refractivity contribution is 5.85. The number of aliphatic carboxylic acids is 1. The average Bonchev–Trinajstić information content (AvgIpc) is 2.42. The number of benzene rings is 1. The molecule has 0 aliphatic carbocycles. The van der Waals surface area contributed by atoms with Gasteiger partial charge in [0.2, 0.25) is 0 Å². The molecule has 0 saturated carbocycles. The molecule has 0 radical (unpaired) electrons. The van der Waals surface area contributed by atoms with Crippen molar-refractivity contribution in [3.05, 3.63) is 38.4 Å². The van der Waals surface area contributed by atoms with Crippen molar-refractivity contribution in [3.63, 3.8) is 0 Å². The fraction of sp³-hybridized carbons (Fsp3) is 0.273. The van der Waals surface area contributed by atoms with Gasteiger partial charge >= 0.3 is 5.69 Å². The number of carboxylic acids is 1. The third-order valence-corrected chi connectivity index (χ3v) is 2.45. The van der Waals surface area contributed by atoms with Gasteiger partial charge in [-0.15, -0.1) is 0 Å². The molecule has 1 N–H and O–H groups in total. The highest BCUT2D eigenvalue weighted by Crippen LogP contribution is 2.28. The Morgan fingerprint density at radius 2 is 1.90 bits per heavy atom. The van der Waals surface area contributed by atoms with E-state index >= 15 is 0 Å². The molecule has 0 amide bonds. The molecule has 21 heavy (non-hydrogen) atoms. The second-order valence-corrected chi connectivity index (χ2v) is 4.05. The number of hydrazone groups is 1. The number of hydrogen-bond donors (Lipinski definition) is 1. The summed E-state index contributed by atoms with van der Waals surface area (Å²) in [5.41, 5.74) is 1.85. The molecule has 0 unspecified atom stereocenters. The van der Waals surface area contributed by atoms with Crippen LogP contribution in [0, 0.1) is 20.2 Å². The number of nitrogens with zero attached hydrogens (tertiary/aromatic N) is 3. The van der Waals surface area contributed by atoms with Gasteiger partial charge in [0.1, 0.15) is 5.69 Å². The maximum atomic E-state index is 10.9. The monoisotopic (exact) mass is 295 g/mol. The van der Waals surface area contributed by atoms with Crippen molar-refractivity contribution in [2.45, 2.75) is 19.8 Å². The number of nitro benzene ring substituents is 2. The van der Waals surface area contributed by atoms with Gasteiger partial charge < -0.3 is 9.90 Å². The summed E-state index contributed by atoms with van der Waals surface area (Å²) in [6, 6.07) is 3.07. The van der Waals surface area contributed by atoms with Crippen LogP contribution in [0.5, 0.6) is 0 Å². The van der Waals surface area contributed by atoms with Crippen molar-refractivity contribution in [2.24, 2.45) is 5.10 Å². The van der Waals surface area contributed by atoms with Gasteiger partial charge in [0, 0.05) is 17.7 Å². The summed E-state index contributed by atoms with van der Waals surface area (Å²) in [5, 5.41) is 35.5. The number of carbonyl (C=O) groups excluding carboxylic acids is 1. The molecule has 10 nitrogen and oxygen atoms in total. The molecule has 0 spiro atoms. The van der Waals surface area contributed by atoms with E-state index in [9.17, 15) is 30.1 Å². The Balaban J connectivity index is 2.92. The van der Waals surface area contributed by atoms with Gasteiger partial charge in [-0.25, -0.2) is 0 Å². The van der Waals surface area contributed by atoms with E-state index in [2.05, 4.69) is 10.5 Å². The molecule has 0 atom stereocenters. The van der Waals surface area contributed by atoms with Crippen LogP contribution in [0.25, 0.3) is 0 Å². The van der Waals surface area contributed by atoms with Crippen LogP contribution in [0.2, 0.25) is 0 Å². The highest BCUT2D eigenvalue weighted by atomic mass is 16.6. The lowest BCUT2D eigenvalue weighted by Gasteiger charge is -2.05. The summed E-state index contributed by atoms with van der Waals surface area (Å²) in [5.74, 6) is -1.23. The lowest BCUT2D eigenvalue weighted by molar-refractivity contribution is -0.393. The molecule has 0 bridgehead atoms. The van der Waals surface area contributed by atoms with E-state index in [1.807, 2.05) is 0 Å². The normalized spacial score (nSPS) is 11.0. The molecular weight excluding hydrogens is 284 g/mol. The second kappa shape index (κ2) is 6.93. The van der Waals surface area contributed by atoms with Gasteiger partial charge in [-0.3, -0.25) is 25.7 Å². The third kappa shape index (κ3) is 4.86. The quantitative estimate of drug-likeness (QED) is 0.444. The van der Waals surface area contributed by atoms with Gasteiger partial charge in [-0.05, 0) is 25.8 Å². The van der Waals surface area contributed by atoms with E-state index < -0.39 is 27.2 Å². The fourth-order valence-corrected chi connectivity index (χ4v) is 1.37. The predicted octanol–water partition coefficient (Wildman–Crippen LogP) is 0.821. The molecule has 1 aromatic carbocycles. The molecule has 112 valence electrons. The zero-order chi connectivity index (χ0) is 16.0. The number of nitrogens with one attached hydrogen (secondary N) is 1. The largest absolute Gasteiger partial charge is 0.550 e. The van der Waals surface area contributed by atoms with Gasteiger partial charge in [-0.2, -0.15) is 5.10 Å². The van der Waals surface area contributed by atoms with E-state index in [0.29, 0.717) is 5.71 Å². The Kier molecular flexibility index (Phi) is 5.29. The molecule has 0 saturated heterocycles. The van der Waals surface area contributed by atoms with Crippen LogP contribution in [0.1, 0.15) is 19.8 Å². The molecule has 10 heteroatoms. The Hall–Kier alpha value is -3.04. The first-order chi connectivity index (χ1) is 9.81. The molecule has 1 aromatic rings. The molecule has 1 rings (SSSR count). The number of anilines is 1. The molecule has 0 heterocycles. The zero-order valence-corrected chi connectivity index (χ0v) is 10.9. The summed E-state index contributed by atoms with van der Waals surface area (Å²) >= 11 is 0. The maximum absolute atomic E-state index is 10.9. The van der Waals surface area contributed by atoms with Crippen LogP contribution in [-0.4, -0.2) is 21.5 Å². The third-order valence-electron chi connectivity index (χ3n) is 2.45. The van der Waals surface area contributed by atoms with Gasteiger partial charge in [0.25, 0.3) is 5.69 Å². The van der Waals surface area contributed by atoms with E-state index in [4.69, 9.17) is 0 Å². The number of nitro groups is 2. The predicted molar refractivity (Wildman–Crippen MR) is 70.7 cm³/mol. The molecule has 0 aliphatic rings. The highest BCUT2D eigenvalue weighted by Gasteiger charge is 2.19. The minimum Gasteiger partial charge on any atom is -0.550 e. The van der Waals surface area contributed by atoms with Crippen molar-refractivity contribution >= 4 is 28.7 Å². The number of non-ortho nitro benzene ring substituents is 1. The fourth-order valence-electron chi connectivity index (χ4n) is 1.37. The van der Waals surface area contributed by atoms with E-state index in [1.165, 1.54) is 6.92 Å². The number of carboxylic acid groups (broad SMARTS) is 1. The summed E-state index contributed by atoms with van der Waals surface area (Å²) in [6.45, 7) is 1.53.